The second kappa shape index (κ2) is 7.67. The van der Waals surface area contributed by atoms with Gasteiger partial charge >= 0.3 is 5.97 Å². The third-order valence-electron chi connectivity index (χ3n) is 8.94. The number of nitrogens with zero attached hydrogens (tertiary/aromatic N) is 1. The highest BCUT2D eigenvalue weighted by molar-refractivity contribution is 6.04. The highest BCUT2D eigenvalue weighted by atomic mass is 16.5. The summed E-state index contributed by atoms with van der Waals surface area (Å²) in [6, 6.07) is 1.28. The topological polar surface area (TPSA) is 84.2 Å². The summed E-state index contributed by atoms with van der Waals surface area (Å²) >= 11 is 0. The average Bonchev–Trinajstić information content (AvgIpc) is 3.05. The van der Waals surface area contributed by atoms with Gasteiger partial charge < -0.3 is 4.74 Å². The van der Waals surface area contributed by atoms with Gasteiger partial charge in [-0.25, -0.2) is 0 Å². The molecule has 5 aliphatic carbocycles. The molecule has 0 N–H and O–H groups in total. The Morgan fingerprint density at radius 3 is 2.54 bits per heavy atom. The van der Waals surface area contributed by atoms with Crippen LogP contribution in [0.2, 0.25) is 0 Å². The minimum Gasteiger partial charge on any atom is -0.469 e. The summed E-state index contributed by atoms with van der Waals surface area (Å²) in [5.41, 5.74) is -25.8. The van der Waals surface area contributed by atoms with Crippen molar-refractivity contribution in [2.75, 3.05) is 7.11 Å². The molecule has 5 rings (SSSR count). The lowest BCUT2D eigenvalue weighted by Gasteiger charge is -2.68. The van der Waals surface area contributed by atoms with E-state index in [4.69, 9.17) is 28.0 Å². The van der Waals surface area contributed by atoms with Gasteiger partial charge in [0.05, 0.1) is 18.1 Å². The van der Waals surface area contributed by atoms with E-state index in [9.17, 15) is 28.6 Å². The number of esters is 1. The van der Waals surface area contributed by atoms with E-state index in [0.29, 0.717) is 7.11 Å². The molecule has 5 aliphatic rings. The van der Waals surface area contributed by atoms with Crippen LogP contribution in [0, 0.1) is 61.6 Å². The molecule has 0 aromatic rings. The lowest BCUT2D eigenvalue weighted by Crippen LogP contribution is -2.65. The van der Waals surface area contributed by atoms with Crippen molar-refractivity contribution in [2.45, 2.75) is 92.8 Å². The number of nitriles is 1. The quantitative estimate of drug-likeness (QED) is 0.366. The van der Waals surface area contributed by atoms with Crippen LogP contribution in [0.3, 0.4) is 0 Å². The number of carbonyl (C=O) groups is 3. The lowest BCUT2D eigenvalue weighted by atomic mass is 9.34. The Bertz CT molecular complexity index is 2110. The number of fused-ring (bicyclic) bond motifs is 7. The predicted octanol–water partition coefficient (Wildman–Crippen LogP) is 6.38. The second-order valence-corrected chi connectivity index (χ2v) is 10.7. The first kappa shape index (κ1) is 9.17. The highest BCUT2D eigenvalue weighted by Gasteiger charge is 2.71. The van der Waals surface area contributed by atoms with Gasteiger partial charge in [-0.1, -0.05) is 59.6 Å². The van der Waals surface area contributed by atoms with Crippen molar-refractivity contribution in [1.29, 1.82) is 5.26 Å². The number of carbonyl (C=O) groups excluding carboxylic acids is 3. The maximum absolute atomic E-state index is 15.5. The molecule has 3 saturated carbocycles. The van der Waals surface area contributed by atoms with Gasteiger partial charge in [0.2, 0.25) is 0 Å². The molecular formula is C32H43NO4. The summed E-state index contributed by atoms with van der Waals surface area (Å²) in [6.45, 7) is -29.3. The molecule has 0 heterocycles. The maximum atomic E-state index is 15.5. The number of hydrogen-bond acceptors (Lipinski definition) is 5. The minimum absolute atomic E-state index is 0.110. The molecule has 200 valence electrons. The van der Waals surface area contributed by atoms with Crippen molar-refractivity contribution in [3.63, 3.8) is 0 Å². The second-order valence-electron chi connectivity index (χ2n) is 10.7. The van der Waals surface area contributed by atoms with Gasteiger partial charge in [0.1, 0.15) is 6.07 Å². The van der Waals surface area contributed by atoms with E-state index >= 15 is 4.79 Å². The molecule has 0 radical (unpaired) electrons. The standard InChI is InChI=1S/C32H43NO4/c1-27(2)11-13-32(26(36)37-8)14-12-31(7)24(20(32)17-27)21(34)15-23-29(5)16-19(18-33)25(35)28(3,4)22(29)9-10-30(23,31)6/h15-16,20,22,24H,9-14,17H2,1-8H3/t20-,22-,24-,29-,30+,31+,32-/m0/s1/i1D3,2D3,3D3,4D3,5D3,6D3,7D3,11D2,13D2,17D2. The highest BCUT2D eigenvalue weighted by Crippen LogP contribution is 2.74. The molecule has 5 nitrogen and oxygen atoms in total. The van der Waals surface area contributed by atoms with Crippen molar-refractivity contribution < 1.29 is 56.1 Å². The SMILES string of the molecule is [2H]C([2H])([2H])C1(C([2H])([2H])[2H])C(=O)C(C#N)=C[C@]2(C([2H])([2H])[2H])C3=CC(=O)[C@@H]4[C@@H]5C([2H])([2H])C(C([2H])([2H])[2H])(C([2H])([2H])[2H])C([2H])([2H])C([2H])([2H])[C@]5(C(=O)OC)CC[C@@]4(C([2H])([2H])[2H])[C@]3(C([2H])([2H])[2H])CC[C@@H]12. The normalized spacial score (nSPS) is 62.9. The summed E-state index contributed by atoms with van der Waals surface area (Å²) in [6.07, 6.45) is -18.7. The van der Waals surface area contributed by atoms with Crippen molar-refractivity contribution in [3.05, 3.63) is 23.3 Å². The fourth-order valence-corrected chi connectivity index (χ4v) is 7.13. The molecule has 0 bridgehead atoms. The molecule has 7 atom stereocenters. The molecule has 37 heavy (non-hydrogen) atoms. The van der Waals surface area contributed by atoms with Crippen LogP contribution in [0.1, 0.15) is 130 Å². The third-order valence-corrected chi connectivity index (χ3v) is 8.94. The molecule has 0 saturated heterocycles. The maximum Gasteiger partial charge on any atom is 0.312 e. The first-order valence-electron chi connectivity index (χ1n) is 25.1. The number of rotatable bonds is 1. The van der Waals surface area contributed by atoms with Gasteiger partial charge in [-0.2, -0.15) is 5.26 Å². The van der Waals surface area contributed by atoms with E-state index in [1.54, 1.807) is 0 Å². The fourth-order valence-electron chi connectivity index (χ4n) is 7.13. The first-order valence-corrected chi connectivity index (χ1v) is 11.6. The van der Waals surface area contributed by atoms with Crippen LogP contribution in [0.25, 0.3) is 0 Å². The van der Waals surface area contributed by atoms with Crippen LogP contribution in [0.4, 0.5) is 0 Å². The molecule has 0 aromatic carbocycles. The molecule has 0 unspecified atom stereocenters. The third kappa shape index (κ3) is 3.11. The average molecular weight is 533 g/mol. The fraction of sp³-hybridized carbons (Fsp3) is 0.750. The van der Waals surface area contributed by atoms with E-state index in [0.717, 1.165) is 0 Å². The number of methoxy groups -OCH3 is 1. The Kier molecular flexibility index (Phi) is 1.90. The zero-order chi connectivity index (χ0) is 50.3. The van der Waals surface area contributed by atoms with E-state index in [1.807, 2.05) is 0 Å². The number of ketones is 2. The van der Waals surface area contributed by atoms with E-state index in [-0.39, 0.29) is 12.2 Å². The Morgan fingerprint density at radius 1 is 1.11 bits per heavy atom. The van der Waals surface area contributed by atoms with Gasteiger partial charge in [-0.05, 0) is 79.0 Å². The van der Waals surface area contributed by atoms with Crippen LogP contribution < -0.4 is 0 Å². The predicted molar refractivity (Wildman–Crippen MR) is 141 cm³/mol. The van der Waals surface area contributed by atoms with Crippen LogP contribution in [-0.2, 0) is 19.1 Å². The molecule has 0 aliphatic heterocycles. The van der Waals surface area contributed by atoms with Gasteiger partial charge in [0.25, 0.3) is 0 Å². The van der Waals surface area contributed by atoms with Crippen molar-refractivity contribution in [2.24, 2.45) is 50.2 Å². The Labute approximate surface area is 260 Å². The van der Waals surface area contributed by atoms with Gasteiger partial charge in [-0.3, -0.25) is 14.4 Å². The largest absolute Gasteiger partial charge is 0.469 e. The van der Waals surface area contributed by atoms with Crippen LogP contribution in [-0.4, -0.2) is 24.6 Å². The number of allylic oxidation sites excluding steroid dienone is 4. The van der Waals surface area contributed by atoms with Crippen molar-refractivity contribution >= 4 is 17.5 Å². The molecule has 0 spiro atoms. The van der Waals surface area contributed by atoms with Crippen molar-refractivity contribution in [3.8, 4) is 6.07 Å². The van der Waals surface area contributed by atoms with E-state index in [2.05, 4.69) is 0 Å². The zero-order valence-corrected chi connectivity index (χ0v) is 19.8. The van der Waals surface area contributed by atoms with Gasteiger partial charge in [0, 0.05) is 53.8 Å². The summed E-state index contributed by atoms with van der Waals surface area (Å²) < 4.78 is 245. The van der Waals surface area contributed by atoms with E-state index < -0.39 is 172 Å². The van der Waals surface area contributed by atoms with Crippen LogP contribution in [0.15, 0.2) is 23.3 Å². The Hall–Kier alpha value is -2.22. The summed E-state index contributed by atoms with van der Waals surface area (Å²) in [7, 11) is 0.577. The molecule has 0 amide bonds. The Balaban J connectivity index is 2.18. The van der Waals surface area contributed by atoms with Crippen molar-refractivity contribution in [1.82, 2.24) is 0 Å². The summed E-state index contributed by atoms with van der Waals surface area (Å²) in [5.74, 6) is -14.9. The summed E-state index contributed by atoms with van der Waals surface area (Å²) in [4.78, 5) is 44.1. The number of ether oxygens (including phenoxy) is 1. The first-order chi connectivity index (χ1) is 28.1. The molecule has 0 aromatic heterocycles. The van der Waals surface area contributed by atoms with E-state index in [1.165, 1.54) is 6.07 Å². The smallest absolute Gasteiger partial charge is 0.312 e. The van der Waals surface area contributed by atoms with Gasteiger partial charge in [-0.15, -0.1) is 0 Å². The minimum atomic E-state index is -4.66. The summed E-state index contributed by atoms with van der Waals surface area (Å²) in [5, 5.41) is 10.3. The number of Topliss-reactive ketones (excluding diaryl/α,β-unsaturated/α-hetero) is 1. The lowest BCUT2D eigenvalue weighted by molar-refractivity contribution is -0.191. The number of hydrogen-bond donors (Lipinski definition) is 0. The van der Waals surface area contributed by atoms with Gasteiger partial charge in [0.15, 0.2) is 11.6 Å². The van der Waals surface area contributed by atoms with Crippen LogP contribution in [0.5, 0.6) is 0 Å². The monoisotopic (exact) mass is 532 g/mol. The molecule has 3 fully saturated rings. The zero-order valence-electron chi connectivity index (χ0n) is 46.8. The molecular weight excluding hydrogens is 462 g/mol. The Morgan fingerprint density at radius 2 is 1.92 bits per heavy atom. The van der Waals surface area contributed by atoms with Crippen LogP contribution >= 0.6 is 0 Å². The molecule has 5 heteroatoms.